The summed E-state index contributed by atoms with van der Waals surface area (Å²) in [5.74, 6) is 0.909. The average molecular weight is 236 g/mol. The topological polar surface area (TPSA) is 33.3 Å². The van der Waals surface area contributed by atoms with Gasteiger partial charge in [-0.05, 0) is 51.9 Å². The number of nitrogens with one attached hydrogen (secondary N) is 2. The van der Waals surface area contributed by atoms with Gasteiger partial charge in [-0.3, -0.25) is 0 Å². The van der Waals surface area contributed by atoms with Gasteiger partial charge in [-0.2, -0.15) is 0 Å². The van der Waals surface area contributed by atoms with E-state index in [-0.39, 0.29) is 5.54 Å². The molecule has 1 aromatic carbocycles. The van der Waals surface area contributed by atoms with E-state index in [4.69, 9.17) is 4.74 Å². The molecule has 0 aromatic heterocycles. The predicted octanol–water partition coefficient (Wildman–Crippen LogP) is 2.72. The van der Waals surface area contributed by atoms with Crippen LogP contribution in [-0.2, 0) is 0 Å². The largest absolute Gasteiger partial charge is 0.495 e. The number of rotatable bonds is 5. The molecule has 0 radical (unpaired) electrons. The molecule has 0 unspecified atom stereocenters. The standard InChI is InChI=1S/C14H24N2O/c1-10-7-11(2)13(12(8-10)17-6)16-14(3,4)9-15-5/h7-8,15-16H,9H2,1-6H3. The zero-order valence-electron chi connectivity index (χ0n) is 11.8. The third-order valence-corrected chi connectivity index (χ3v) is 2.75. The van der Waals surface area contributed by atoms with E-state index >= 15 is 0 Å². The minimum Gasteiger partial charge on any atom is -0.495 e. The van der Waals surface area contributed by atoms with Crippen molar-refractivity contribution in [3.63, 3.8) is 0 Å². The molecule has 1 aromatic rings. The molecule has 0 aliphatic rings. The minimum atomic E-state index is -0.0119. The van der Waals surface area contributed by atoms with E-state index in [9.17, 15) is 0 Å². The number of methoxy groups -OCH3 is 1. The molecule has 0 heterocycles. The van der Waals surface area contributed by atoms with Crippen LogP contribution in [0, 0.1) is 13.8 Å². The van der Waals surface area contributed by atoms with Crippen molar-refractivity contribution in [1.82, 2.24) is 5.32 Å². The van der Waals surface area contributed by atoms with E-state index in [0.29, 0.717) is 0 Å². The highest BCUT2D eigenvalue weighted by atomic mass is 16.5. The zero-order valence-corrected chi connectivity index (χ0v) is 11.8. The summed E-state index contributed by atoms with van der Waals surface area (Å²) in [6, 6.07) is 4.23. The second-order valence-electron chi connectivity index (χ2n) is 5.20. The van der Waals surface area contributed by atoms with Gasteiger partial charge in [0.05, 0.1) is 12.8 Å². The zero-order chi connectivity index (χ0) is 13.1. The van der Waals surface area contributed by atoms with Crippen LogP contribution in [0.1, 0.15) is 25.0 Å². The monoisotopic (exact) mass is 236 g/mol. The first kappa shape index (κ1) is 13.8. The van der Waals surface area contributed by atoms with Crippen LogP contribution in [0.15, 0.2) is 12.1 Å². The van der Waals surface area contributed by atoms with E-state index in [1.54, 1.807) is 7.11 Å². The van der Waals surface area contributed by atoms with E-state index in [1.165, 1.54) is 11.1 Å². The van der Waals surface area contributed by atoms with Crippen molar-refractivity contribution >= 4 is 5.69 Å². The second-order valence-corrected chi connectivity index (χ2v) is 5.20. The van der Waals surface area contributed by atoms with Crippen LogP contribution in [-0.4, -0.2) is 26.2 Å². The van der Waals surface area contributed by atoms with Crippen molar-refractivity contribution in [2.24, 2.45) is 0 Å². The molecule has 0 aliphatic heterocycles. The molecule has 0 bridgehead atoms. The molecular formula is C14H24N2O. The highest BCUT2D eigenvalue weighted by Gasteiger charge is 2.19. The molecule has 17 heavy (non-hydrogen) atoms. The third kappa shape index (κ3) is 3.63. The second kappa shape index (κ2) is 5.41. The van der Waals surface area contributed by atoms with Gasteiger partial charge in [0.1, 0.15) is 5.75 Å². The van der Waals surface area contributed by atoms with Crippen LogP contribution in [0.25, 0.3) is 0 Å². The molecule has 0 aliphatic carbocycles. The number of aryl methyl sites for hydroxylation is 2. The molecule has 3 nitrogen and oxygen atoms in total. The van der Waals surface area contributed by atoms with E-state index in [0.717, 1.165) is 18.0 Å². The first-order valence-electron chi connectivity index (χ1n) is 5.97. The first-order chi connectivity index (χ1) is 7.89. The Balaban J connectivity index is 3.05. The number of hydrogen-bond donors (Lipinski definition) is 2. The average Bonchev–Trinajstić information content (AvgIpc) is 2.21. The number of anilines is 1. The third-order valence-electron chi connectivity index (χ3n) is 2.75. The van der Waals surface area contributed by atoms with Crippen LogP contribution in [0.3, 0.4) is 0 Å². The van der Waals surface area contributed by atoms with Crippen LogP contribution < -0.4 is 15.4 Å². The van der Waals surface area contributed by atoms with Crippen LogP contribution >= 0.6 is 0 Å². The van der Waals surface area contributed by atoms with Crippen LogP contribution in [0.4, 0.5) is 5.69 Å². The molecule has 2 N–H and O–H groups in total. The number of benzene rings is 1. The highest BCUT2D eigenvalue weighted by Crippen LogP contribution is 2.31. The maximum atomic E-state index is 5.45. The van der Waals surface area contributed by atoms with Gasteiger partial charge >= 0.3 is 0 Å². The Kier molecular flexibility index (Phi) is 4.40. The molecule has 3 heteroatoms. The van der Waals surface area contributed by atoms with Gasteiger partial charge in [0, 0.05) is 12.1 Å². The van der Waals surface area contributed by atoms with Gasteiger partial charge < -0.3 is 15.4 Å². The lowest BCUT2D eigenvalue weighted by molar-refractivity contribution is 0.413. The SMILES string of the molecule is CNCC(C)(C)Nc1c(C)cc(C)cc1OC. The van der Waals surface area contributed by atoms with Crippen molar-refractivity contribution < 1.29 is 4.74 Å². The molecule has 96 valence electrons. The molecular weight excluding hydrogens is 212 g/mol. The molecule has 0 spiro atoms. The summed E-state index contributed by atoms with van der Waals surface area (Å²) in [4.78, 5) is 0. The quantitative estimate of drug-likeness (QED) is 0.824. The predicted molar refractivity (Wildman–Crippen MR) is 74.1 cm³/mol. The minimum absolute atomic E-state index is 0.0119. The lowest BCUT2D eigenvalue weighted by Crippen LogP contribution is -2.41. The normalized spacial score (nSPS) is 11.4. The molecule has 0 fully saturated rings. The fourth-order valence-electron chi connectivity index (χ4n) is 2.07. The van der Waals surface area contributed by atoms with Crippen molar-refractivity contribution in [3.8, 4) is 5.75 Å². The molecule has 0 atom stereocenters. The Morgan fingerprint density at radius 2 is 1.88 bits per heavy atom. The van der Waals surface area contributed by atoms with Gasteiger partial charge in [-0.1, -0.05) is 6.07 Å². The first-order valence-corrected chi connectivity index (χ1v) is 5.97. The summed E-state index contributed by atoms with van der Waals surface area (Å²) in [5.41, 5.74) is 3.50. The van der Waals surface area contributed by atoms with Crippen molar-refractivity contribution in [3.05, 3.63) is 23.3 Å². The van der Waals surface area contributed by atoms with Crippen molar-refractivity contribution in [2.75, 3.05) is 26.0 Å². The smallest absolute Gasteiger partial charge is 0.142 e. The van der Waals surface area contributed by atoms with E-state index in [1.807, 2.05) is 7.05 Å². The van der Waals surface area contributed by atoms with E-state index < -0.39 is 0 Å². The Morgan fingerprint density at radius 1 is 1.24 bits per heavy atom. The van der Waals surface area contributed by atoms with Gasteiger partial charge in [0.2, 0.25) is 0 Å². The Labute approximate surface area is 105 Å². The number of likely N-dealkylation sites (N-methyl/N-ethyl adjacent to an activating group) is 1. The van der Waals surface area contributed by atoms with Gasteiger partial charge in [-0.15, -0.1) is 0 Å². The van der Waals surface area contributed by atoms with Crippen LogP contribution in [0.2, 0.25) is 0 Å². The van der Waals surface area contributed by atoms with Crippen LogP contribution in [0.5, 0.6) is 5.75 Å². The summed E-state index contributed by atoms with van der Waals surface area (Å²) < 4.78 is 5.45. The molecule has 1 rings (SSSR count). The summed E-state index contributed by atoms with van der Waals surface area (Å²) in [6.45, 7) is 9.42. The fourth-order valence-corrected chi connectivity index (χ4v) is 2.07. The summed E-state index contributed by atoms with van der Waals surface area (Å²) in [7, 11) is 3.67. The lowest BCUT2D eigenvalue weighted by atomic mass is 10.0. The fraction of sp³-hybridized carbons (Fsp3) is 0.571. The molecule has 0 saturated heterocycles. The maximum absolute atomic E-state index is 5.45. The van der Waals surface area contributed by atoms with Gasteiger partial charge in [0.25, 0.3) is 0 Å². The van der Waals surface area contributed by atoms with Crippen molar-refractivity contribution in [2.45, 2.75) is 33.2 Å². The number of ether oxygens (including phenoxy) is 1. The summed E-state index contributed by atoms with van der Waals surface area (Å²) >= 11 is 0. The van der Waals surface area contributed by atoms with Gasteiger partial charge in [-0.25, -0.2) is 0 Å². The maximum Gasteiger partial charge on any atom is 0.142 e. The highest BCUT2D eigenvalue weighted by molar-refractivity contribution is 5.64. The Bertz CT molecular complexity index is 386. The summed E-state index contributed by atoms with van der Waals surface area (Å²) in [5, 5.41) is 6.74. The molecule has 0 saturated carbocycles. The van der Waals surface area contributed by atoms with Crippen molar-refractivity contribution in [1.29, 1.82) is 0 Å². The number of hydrogen-bond acceptors (Lipinski definition) is 3. The summed E-state index contributed by atoms with van der Waals surface area (Å²) in [6.07, 6.45) is 0. The lowest BCUT2D eigenvalue weighted by Gasteiger charge is -2.29. The molecule has 0 amide bonds. The van der Waals surface area contributed by atoms with E-state index in [2.05, 4.69) is 50.5 Å². The van der Waals surface area contributed by atoms with Gasteiger partial charge in [0.15, 0.2) is 0 Å². The Morgan fingerprint density at radius 3 is 2.41 bits per heavy atom. The Hall–Kier alpha value is -1.22.